The normalized spacial score (nSPS) is 18.9. The van der Waals surface area contributed by atoms with E-state index in [1.165, 1.54) is 16.7 Å². The van der Waals surface area contributed by atoms with E-state index in [2.05, 4.69) is 30.3 Å². The first-order valence-corrected chi connectivity index (χ1v) is 7.36. The van der Waals surface area contributed by atoms with Crippen LogP contribution in [0.2, 0.25) is 0 Å². The van der Waals surface area contributed by atoms with Gasteiger partial charge >= 0.3 is 0 Å². The molecule has 2 N–H and O–H groups in total. The first-order chi connectivity index (χ1) is 10.3. The van der Waals surface area contributed by atoms with Gasteiger partial charge in [-0.3, -0.25) is 0 Å². The highest BCUT2D eigenvalue weighted by Crippen LogP contribution is 2.30. The molecule has 3 heteroatoms. The summed E-state index contributed by atoms with van der Waals surface area (Å²) >= 11 is 0. The summed E-state index contributed by atoms with van der Waals surface area (Å²) in [6.07, 6.45) is 1.72. The van der Waals surface area contributed by atoms with Crippen LogP contribution in [0.5, 0.6) is 5.75 Å². The summed E-state index contributed by atoms with van der Waals surface area (Å²) in [4.78, 5) is 0. The Hall–Kier alpha value is -1.84. The van der Waals surface area contributed by atoms with E-state index in [1.54, 1.807) is 7.11 Å². The lowest BCUT2D eigenvalue weighted by Gasteiger charge is -2.30. The smallest absolute Gasteiger partial charge is 0.119 e. The Kier molecular flexibility index (Phi) is 4.23. The minimum atomic E-state index is -0.0569. The molecule has 0 aromatic heterocycles. The van der Waals surface area contributed by atoms with Gasteiger partial charge in [0.25, 0.3) is 0 Å². The molecule has 0 amide bonds. The van der Waals surface area contributed by atoms with Gasteiger partial charge in [0.15, 0.2) is 0 Å². The molecular formula is C18H21NO2. The second kappa shape index (κ2) is 6.29. The third kappa shape index (κ3) is 3.09. The molecule has 2 aromatic carbocycles. The summed E-state index contributed by atoms with van der Waals surface area (Å²) < 4.78 is 11.2. The monoisotopic (exact) mass is 283 g/mol. The van der Waals surface area contributed by atoms with Crippen LogP contribution in [-0.4, -0.2) is 19.8 Å². The fourth-order valence-corrected chi connectivity index (χ4v) is 2.96. The lowest BCUT2D eigenvalue weighted by molar-refractivity contribution is 0.0246. The van der Waals surface area contributed by atoms with Gasteiger partial charge in [0.05, 0.1) is 19.8 Å². The van der Waals surface area contributed by atoms with E-state index in [0.717, 1.165) is 25.2 Å². The van der Waals surface area contributed by atoms with Gasteiger partial charge in [-0.25, -0.2) is 0 Å². The molecule has 0 saturated heterocycles. The van der Waals surface area contributed by atoms with Crippen LogP contribution in [0.4, 0.5) is 0 Å². The summed E-state index contributed by atoms with van der Waals surface area (Å²) in [5.74, 6) is 0.865. The number of hydrogen-bond acceptors (Lipinski definition) is 3. The Bertz CT molecular complexity index is 612. The predicted molar refractivity (Wildman–Crippen MR) is 83.5 cm³/mol. The quantitative estimate of drug-likeness (QED) is 0.938. The average molecular weight is 283 g/mol. The highest BCUT2D eigenvalue weighted by Gasteiger charge is 2.26. The Labute approximate surface area is 125 Å². The number of nitrogens with two attached hydrogens (primary N) is 1. The van der Waals surface area contributed by atoms with Crippen LogP contribution in [0.15, 0.2) is 48.5 Å². The molecule has 0 spiro atoms. The van der Waals surface area contributed by atoms with Gasteiger partial charge in [-0.1, -0.05) is 36.4 Å². The Morgan fingerprint density at radius 2 is 2.10 bits per heavy atom. The average Bonchev–Trinajstić information content (AvgIpc) is 2.54. The van der Waals surface area contributed by atoms with E-state index in [1.807, 2.05) is 18.2 Å². The summed E-state index contributed by atoms with van der Waals surface area (Å²) in [5, 5.41) is 0. The van der Waals surface area contributed by atoms with Crippen LogP contribution < -0.4 is 10.5 Å². The maximum absolute atomic E-state index is 6.42. The molecule has 2 aromatic rings. The maximum Gasteiger partial charge on any atom is 0.119 e. The lowest BCUT2D eigenvalue weighted by atomic mass is 9.91. The third-order valence-corrected chi connectivity index (χ3v) is 4.02. The molecule has 0 fully saturated rings. The van der Waals surface area contributed by atoms with Crippen molar-refractivity contribution in [2.75, 3.05) is 13.7 Å². The zero-order valence-electron chi connectivity index (χ0n) is 12.3. The second-order valence-corrected chi connectivity index (χ2v) is 5.46. The standard InChI is InChI=1S/C18H21NO2/c1-20-15-7-4-5-13(11-15)12-17(19)18-16-8-3-2-6-14(16)9-10-21-18/h2-8,11,17-18H,9-10,12,19H2,1H3. The van der Waals surface area contributed by atoms with Gasteiger partial charge in [0.2, 0.25) is 0 Å². The Balaban J connectivity index is 1.78. The largest absolute Gasteiger partial charge is 0.497 e. The Morgan fingerprint density at radius 3 is 2.95 bits per heavy atom. The molecule has 1 aliphatic rings. The van der Waals surface area contributed by atoms with Crippen molar-refractivity contribution in [2.24, 2.45) is 5.73 Å². The number of methoxy groups -OCH3 is 1. The number of fused-ring (bicyclic) bond motifs is 1. The van der Waals surface area contributed by atoms with Gasteiger partial charge in [0, 0.05) is 6.04 Å². The van der Waals surface area contributed by atoms with Crippen molar-refractivity contribution in [3.8, 4) is 5.75 Å². The summed E-state index contributed by atoms with van der Waals surface area (Å²) in [7, 11) is 1.68. The lowest BCUT2D eigenvalue weighted by Crippen LogP contribution is -2.35. The fourth-order valence-electron chi connectivity index (χ4n) is 2.96. The first kappa shape index (κ1) is 14.1. The van der Waals surface area contributed by atoms with Crippen LogP contribution in [0.3, 0.4) is 0 Å². The minimum Gasteiger partial charge on any atom is -0.497 e. The van der Waals surface area contributed by atoms with Gasteiger partial charge < -0.3 is 15.2 Å². The van der Waals surface area contributed by atoms with Crippen molar-refractivity contribution in [3.05, 3.63) is 65.2 Å². The molecule has 0 saturated carbocycles. The molecule has 2 unspecified atom stereocenters. The molecule has 0 bridgehead atoms. The van der Waals surface area contributed by atoms with E-state index >= 15 is 0 Å². The zero-order valence-corrected chi connectivity index (χ0v) is 12.3. The number of hydrogen-bond donors (Lipinski definition) is 1. The maximum atomic E-state index is 6.42. The molecular weight excluding hydrogens is 262 g/mol. The molecule has 3 nitrogen and oxygen atoms in total. The van der Waals surface area contributed by atoms with Crippen LogP contribution in [0.1, 0.15) is 22.8 Å². The van der Waals surface area contributed by atoms with E-state index in [0.29, 0.717) is 0 Å². The summed E-state index contributed by atoms with van der Waals surface area (Å²) in [6, 6.07) is 16.4. The molecule has 2 atom stereocenters. The highest BCUT2D eigenvalue weighted by atomic mass is 16.5. The van der Waals surface area contributed by atoms with Crippen LogP contribution in [-0.2, 0) is 17.6 Å². The fraction of sp³-hybridized carbons (Fsp3) is 0.333. The molecule has 1 heterocycles. The number of benzene rings is 2. The first-order valence-electron chi connectivity index (χ1n) is 7.36. The van der Waals surface area contributed by atoms with E-state index in [9.17, 15) is 0 Å². The Morgan fingerprint density at radius 1 is 1.24 bits per heavy atom. The number of rotatable bonds is 4. The molecule has 110 valence electrons. The van der Waals surface area contributed by atoms with Crippen LogP contribution in [0, 0.1) is 0 Å². The van der Waals surface area contributed by atoms with E-state index in [4.69, 9.17) is 15.2 Å². The van der Waals surface area contributed by atoms with Crippen LogP contribution >= 0.6 is 0 Å². The van der Waals surface area contributed by atoms with Crippen molar-refractivity contribution in [1.29, 1.82) is 0 Å². The van der Waals surface area contributed by atoms with Crippen molar-refractivity contribution < 1.29 is 9.47 Å². The van der Waals surface area contributed by atoms with Crippen LogP contribution in [0.25, 0.3) is 0 Å². The van der Waals surface area contributed by atoms with Gasteiger partial charge in [-0.05, 0) is 41.7 Å². The van der Waals surface area contributed by atoms with Gasteiger partial charge in [-0.15, -0.1) is 0 Å². The van der Waals surface area contributed by atoms with Crippen molar-refractivity contribution in [2.45, 2.75) is 25.0 Å². The van der Waals surface area contributed by atoms with E-state index in [-0.39, 0.29) is 12.1 Å². The third-order valence-electron chi connectivity index (χ3n) is 4.02. The molecule has 21 heavy (non-hydrogen) atoms. The van der Waals surface area contributed by atoms with Crippen molar-refractivity contribution in [1.82, 2.24) is 0 Å². The minimum absolute atomic E-state index is 0.0267. The molecule has 0 aliphatic carbocycles. The zero-order chi connectivity index (χ0) is 14.7. The second-order valence-electron chi connectivity index (χ2n) is 5.46. The highest BCUT2D eigenvalue weighted by molar-refractivity contribution is 5.33. The molecule has 0 radical (unpaired) electrons. The van der Waals surface area contributed by atoms with E-state index < -0.39 is 0 Å². The molecule has 1 aliphatic heterocycles. The SMILES string of the molecule is COc1cccc(CC(N)C2OCCc3ccccc32)c1. The topological polar surface area (TPSA) is 44.5 Å². The van der Waals surface area contributed by atoms with Crippen molar-refractivity contribution in [3.63, 3.8) is 0 Å². The van der Waals surface area contributed by atoms with Crippen molar-refractivity contribution >= 4 is 0 Å². The molecule has 3 rings (SSSR count). The summed E-state index contributed by atoms with van der Waals surface area (Å²) in [6.45, 7) is 0.744. The van der Waals surface area contributed by atoms with Gasteiger partial charge in [0.1, 0.15) is 5.75 Å². The predicted octanol–water partition coefficient (Wildman–Crippen LogP) is 2.88. The van der Waals surface area contributed by atoms with Gasteiger partial charge in [-0.2, -0.15) is 0 Å². The number of ether oxygens (including phenoxy) is 2. The summed E-state index contributed by atoms with van der Waals surface area (Å²) in [5.41, 5.74) is 10.2.